The Kier molecular flexibility index (Phi) is 7.18. The Morgan fingerprint density at radius 2 is 0.846 bits per heavy atom. The molecule has 0 aliphatic heterocycles. The summed E-state index contributed by atoms with van der Waals surface area (Å²) in [6.45, 7) is 0. The first-order valence-corrected chi connectivity index (χ1v) is 17.8. The fourth-order valence-corrected chi connectivity index (χ4v) is 7.71. The average Bonchev–Trinajstić information content (AvgIpc) is 3.61. The summed E-state index contributed by atoms with van der Waals surface area (Å²) in [6.07, 6.45) is 0. The fraction of sp³-hybridized carbons (Fsp3) is 0. The zero-order valence-electron chi connectivity index (χ0n) is 28.4. The highest BCUT2D eigenvalue weighted by Crippen LogP contribution is 2.43. The van der Waals surface area contributed by atoms with Crippen LogP contribution < -0.4 is 4.90 Å². The number of rotatable bonds is 6. The van der Waals surface area contributed by atoms with Crippen molar-refractivity contribution in [3.05, 3.63) is 200 Å². The molecule has 0 saturated heterocycles. The molecule has 0 aliphatic rings. The Morgan fingerprint density at radius 3 is 1.58 bits per heavy atom. The normalized spacial score (nSPS) is 11.5. The summed E-state index contributed by atoms with van der Waals surface area (Å²) in [6, 6.07) is 71.7. The van der Waals surface area contributed by atoms with E-state index in [0.717, 1.165) is 50.1 Å². The molecule has 0 saturated carbocycles. The lowest BCUT2D eigenvalue weighted by Gasteiger charge is -2.28. The molecule has 0 radical (unpaired) electrons. The van der Waals surface area contributed by atoms with Crippen LogP contribution in [-0.4, -0.2) is 0 Å². The molecule has 0 atom stereocenters. The number of hydrogen-bond donors (Lipinski definition) is 0. The molecule has 10 rings (SSSR count). The van der Waals surface area contributed by atoms with Gasteiger partial charge in [0.2, 0.25) is 0 Å². The van der Waals surface area contributed by atoms with Crippen LogP contribution in [0.3, 0.4) is 0 Å². The molecule has 2 heteroatoms. The van der Waals surface area contributed by atoms with Crippen LogP contribution in [0.4, 0.5) is 17.1 Å². The summed E-state index contributed by atoms with van der Waals surface area (Å²) in [5, 5.41) is 7.19. The summed E-state index contributed by atoms with van der Waals surface area (Å²) in [5.41, 5.74) is 12.2. The smallest absolute Gasteiger partial charge is 0.143 e. The van der Waals surface area contributed by atoms with Crippen LogP contribution in [0.1, 0.15) is 0 Å². The first-order chi connectivity index (χ1) is 25.8. The number of para-hydroxylation sites is 2. The van der Waals surface area contributed by atoms with E-state index in [1.54, 1.807) is 0 Å². The lowest BCUT2D eigenvalue weighted by Crippen LogP contribution is -2.10. The van der Waals surface area contributed by atoms with Crippen molar-refractivity contribution in [1.29, 1.82) is 0 Å². The average molecular weight is 664 g/mol. The minimum absolute atomic E-state index is 0.909. The van der Waals surface area contributed by atoms with E-state index in [0.29, 0.717) is 0 Å². The standard InChI is InChI=1S/C50H33NO/c1-2-10-34(11-3-1)35-20-22-36(23-21-35)37-26-30-41(31-27-37)51(47-18-8-13-40-25-24-38-12-4-5-14-43(38)49(40)47)42-32-28-39(29-33-42)44-16-9-17-46-45-15-6-7-19-48(45)52-50(44)46/h1-33H. The monoisotopic (exact) mass is 663 g/mol. The van der Waals surface area contributed by atoms with E-state index in [2.05, 4.69) is 193 Å². The second kappa shape index (κ2) is 12.5. The van der Waals surface area contributed by atoms with Gasteiger partial charge in [-0.3, -0.25) is 0 Å². The van der Waals surface area contributed by atoms with Gasteiger partial charge >= 0.3 is 0 Å². The van der Waals surface area contributed by atoms with Crippen LogP contribution >= 0.6 is 0 Å². The highest BCUT2D eigenvalue weighted by atomic mass is 16.3. The first-order valence-electron chi connectivity index (χ1n) is 17.8. The van der Waals surface area contributed by atoms with Crippen molar-refractivity contribution in [2.45, 2.75) is 0 Å². The maximum absolute atomic E-state index is 6.41. The van der Waals surface area contributed by atoms with Crippen LogP contribution in [0.2, 0.25) is 0 Å². The van der Waals surface area contributed by atoms with Crippen molar-refractivity contribution in [1.82, 2.24) is 0 Å². The lowest BCUT2D eigenvalue weighted by atomic mass is 9.98. The van der Waals surface area contributed by atoms with E-state index in [1.165, 1.54) is 43.8 Å². The number of fused-ring (bicyclic) bond motifs is 6. The molecule has 1 aromatic heterocycles. The highest BCUT2D eigenvalue weighted by molar-refractivity contribution is 6.15. The Balaban J connectivity index is 1.09. The van der Waals surface area contributed by atoms with E-state index in [-0.39, 0.29) is 0 Å². The van der Waals surface area contributed by atoms with E-state index < -0.39 is 0 Å². The molecule has 0 fully saturated rings. The number of hydrogen-bond acceptors (Lipinski definition) is 2. The molecule has 0 N–H and O–H groups in total. The van der Waals surface area contributed by atoms with Gasteiger partial charge in [-0.2, -0.15) is 0 Å². The first kappa shape index (κ1) is 30.0. The second-order valence-corrected chi connectivity index (χ2v) is 13.3. The summed E-state index contributed by atoms with van der Waals surface area (Å²) in [4.78, 5) is 2.39. The number of nitrogens with zero attached hydrogens (tertiary/aromatic N) is 1. The maximum atomic E-state index is 6.41. The largest absolute Gasteiger partial charge is 0.455 e. The lowest BCUT2D eigenvalue weighted by molar-refractivity contribution is 0.670. The highest BCUT2D eigenvalue weighted by Gasteiger charge is 2.18. The van der Waals surface area contributed by atoms with Crippen LogP contribution in [0, 0.1) is 0 Å². The van der Waals surface area contributed by atoms with Gasteiger partial charge in [0.1, 0.15) is 11.2 Å². The topological polar surface area (TPSA) is 16.4 Å². The van der Waals surface area contributed by atoms with Gasteiger partial charge in [0, 0.05) is 33.1 Å². The van der Waals surface area contributed by atoms with Crippen molar-refractivity contribution in [2.75, 3.05) is 4.90 Å². The fourth-order valence-electron chi connectivity index (χ4n) is 7.71. The van der Waals surface area contributed by atoms with Crippen LogP contribution in [-0.2, 0) is 0 Å². The van der Waals surface area contributed by atoms with E-state index in [4.69, 9.17) is 4.42 Å². The van der Waals surface area contributed by atoms with E-state index >= 15 is 0 Å². The molecular weight excluding hydrogens is 631 g/mol. The third-order valence-corrected chi connectivity index (χ3v) is 10.3. The number of anilines is 3. The Hall–Kier alpha value is -6.90. The van der Waals surface area contributed by atoms with Crippen LogP contribution in [0.25, 0.3) is 76.9 Å². The minimum atomic E-state index is 0.909. The van der Waals surface area contributed by atoms with Gasteiger partial charge in [-0.05, 0) is 80.4 Å². The third-order valence-electron chi connectivity index (χ3n) is 10.3. The van der Waals surface area contributed by atoms with Gasteiger partial charge in [-0.25, -0.2) is 0 Å². The molecule has 10 aromatic rings. The molecule has 244 valence electrons. The predicted molar refractivity (Wildman–Crippen MR) is 220 cm³/mol. The molecule has 9 aromatic carbocycles. The third kappa shape index (κ3) is 5.12. The molecule has 1 heterocycles. The van der Waals surface area contributed by atoms with Gasteiger partial charge in [0.25, 0.3) is 0 Å². The minimum Gasteiger partial charge on any atom is -0.455 e. The van der Waals surface area contributed by atoms with Crippen molar-refractivity contribution in [3.8, 4) is 33.4 Å². The van der Waals surface area contributed by atoms with Gasteiger partial charge < -0.3 is 9.32 Å². The quantitative estimate of drug-likeness (QED) is 0.165. The molecule has 52 heavy (non-hydrogen) atoms. The molecule has 0 spiro atoms. The van der Waals surface area contributed by atoms with Crippen molar-refractivity contribution in [3.63, 3.8) is 0 Å². The predicted octanol–water partition coefficient (Wildman–Crippen LogP) is 14.4. The molecule has 0 amide bonds. The summed E-state index contributed by atoms with van der Waals surface area (Å²) < 4.78 is 6.41. The molecular formula is C50H33NO. The summed E-state index contributed by atoms with van der Waals surface area (Å²) in [5.74, 6) is 0. The maximum Gasteiger partial charge on any atom is 0.143 e. The van der Waals surface area contributed by atoms with Gasteiger partial charge in [-0.1, -0.05) is 164 Å². The van der Waals surface area contributed by atoms with Crippen LogP contribution in [0.5, 0.6) is 0 Å². The van der Waals surface area contributed by atoms with E-state index in [9.17, 15) is 0 Å². The Morgan fingerprint density at radius 1 is 0.327 bits per heavy atom. The summed E-state index contributed by atoms with van der Waals surface area (Å²) in [7, 11) is 0. The molecule has 0 unspecified atom stereocenters. The number of furan rings is 1. The molecule has 2 nitrogen and oxygen atoms in total. The van der Waals surface area contributed by atoms with E-state index in [1.807, 2.05) is 12.1 Å². The zero-order valence-corrected chi connectivity index (χ0v) is 28.4. The van der Waals surface area contributed by atoms with Gasteiger partial charge in [0.05, 0.1) is 5.69 Å². The number of benzene rings is 9. The Bertz CT molecular complexity index is 2870. The molecule has 0 bridgehead atoms. The SMILES string of the molecule is c1ccc(-c2ccc(-c3ccc(N(c4ccc(-c5cccc6c5oc5ccccc56)cc4)c4cccc5ccc6ccccc6c45)cc3)cc2)cc1. The van der Waals surface area contributed by atoms with Crippen molar-refractivity contribution in [2.24, 2.45) is 0 Å². The zero-order chi connectivity index (χ0) is 34.4. The molecule has 0 aliphatic carbocycles. The Labute approximate surface area is 302 Å². The van der Waals surface area contributed by atoms with Gasteiger partial charge in [-0.15, -0.1) is 0 Å². The second-order valence-electron chi connectivity index (χ2n) is 13.3. The summed E-state index contributed by atoms with van der Waals surface area (Å²) >= 11 is 0. The van der Waals surface area contributed by atoms with Crippen LogP contribution in [0.15, 0.2) is 205 Å². The van der Waals surface area contributed by atoms with Crippen molar-refractivity contribution >= 4 is 60.5 Å². The van der Waals surface area contributed by atoms with Crippen molar-refractivity contribution < 1.29 is 4.42 Å². The van der Waals surface area contributed by atoms with Gasteiger partial charge in [0.15, 0.2) is 0 Å².